The average Bonchev–Trinajstić information content (AvgIpc) is 2.00. The maximum Gasteiger partial charge on any atom is 0.0144 e. The Hall–Kier alpha value is -0.560. The van der Waals surface area contributed by atoms with Gasteiger partial charge in [-0.2, -0.15) is 0 Å². The summed E-state index contributed by atoms with van der Waals surface area (Å²) >= 11 is 0. The Kier molecular flexibility index (Phi) is 2.11. The molecule has 1 saturated carbocycles. The predicted octanol–water partition coefficient (Wildman–Crippen LogP) is 2.74. The van der Waals surface area contributed by atoms with E-state index in [-0.39, 0.29) is 5.41 Å². The zero-order valence-corrected chi connectivity index (χ0v) is 9.62. The summed E-state index contributed by atoms with van der Waals surface area (Å²) < 4.78 is 0. The van der Waals surface area contributed by atoms with Gasteiger partial charge in [-0.3, -0.25) is 0 Å². The molecule has 0 aromatic heterocycles. The van der Waals surface area contributed by atoms with E-state index in [0.29, 0.717) is 17.9 Å². The number of fused-ring (bicyclic) bond motifs is 2. The molecule has 2 bridgehead atoms. The highest BCUT2D eigenvalue weighted by Crippen LogP contribution is 2.51. The molecule has 14 heavy (non-hydrogen) atoms. The molecule has 0 spiro atoms. The minimum absolute atomic E-state index is 0.254. The van der Waals surface area contributed by atoms with Gasteiger partial charge in [0, 0.05) is 6.04 Å². The van der Waals surface area contributed by atoms with Gasteiger partial charge >= 0.3 is 0 Å². The molecule has 78 valence electrons. The Labute approximate surface area is 87.1 Å². The zero-order chi connectivity index (χ0) is 10.5. The molecule has 0 saturated heterocycles. The van der Waals surface area contributed by atoms with Crippen molar-refractivity contribution in [3.8, 4) is 0 Å². The van der Waals surface area contributed by atoms with Crippen molar-refractivity contribution in [3.63, 3.8) is 0 Å². The van der Waals surface area contributed by atoms with Gasteiger partial charge in [-0.1, -0.05) is 44.6 Å². The van der Waals surface area contributed by atoms with E-state index < -0.39 is 0 Å². The van der Waals surface area contributed by atoms with E-state index in [9.17, 15) is 0 Å². The lowest BCUT2D eigenvalue weighted by Crippen LogP contribution is -2.59. The fraction of sp³-hybridized carbons (Fsp3) is 0.692. The second-order valence-electron chi connectivity index (χ2n) is 5.61. The Balaban J connectivity index is 2.39. The van der Waals surface area contributed by atoms with Crippen molar-refractivity contribution in [2.45, 2.75) is 33.7 Å². The first-order valence-electron chi connectivity index (χ1n) is 5.57. The van der Waals surface area contributed by atoms with Crippen LogP contribution in [-0.4, -0.2) is 6.04 Å². The molecule has 2 N–H and O–H groups in total. The van der Waals surface area contributed by atoms with Crippen molar-refractivity contribution in [1.82, 2.24) is 0 Å². The van der Waals surface area contributed by atoms with Crippen LogP contribution in [0.25, 0.3) is 0 Å². The van der Waals surface area contributed by atoms with Gasteiger partial charge in [0.2, 0.25) is 0 Å². The van der Waals surface area contributed by atoms with E-state index in [1.807, 2.05) is 0 Å². The molecular formula is C13H21N. The highest BCUT2D eigenvalue weighted by atomic mass is 14.8. The van der Waals surface area contributed by atoms with Gasteiger partial charge in [0.05, 0.1) is 0 Å². The first kappa shape index (κ1) is 9.97. The van der Waals surface area contributed by atoms with Crippen LogP contribution in [0.15, 0.2) is 23.8 Å². The lowest BCUT2D eigenvalue weighted by atomic mass is 9.52. The van der Waals surface area contributed by atoms with Crippen molar-refractivity contribution in [1.29, 1.82) is 0 Å². The number of rotatable bonds is 0. The third kappa shape index (κ3) is 1.26. The molecule has 1 nitrogen and oxygen atoms in total. The molecule has 3 aliphatic carbocycles. The standard InChI is InChI=1S/C13H21N/c1-8-5-6-10-9(2)11(12(10)14)13(3,4)7-8/h5-7,9-12H,14H2,1-4H3/t9?,10?,11-,12?/m1/s1. The summed E-state index contributed by atoms with van der Waals surface area (Å²) in [5.74, 6) is 1.98. The molecular weight excluding hydrogens is 170 g/mol. The molecule has 0 radical (unpaired) electrons. The van der Waals surface area contributed by atoms with Crippen LogP contribution in [0, 0.1) is 23.2 Å². The minimum Gasteiger partial charge on any atom is -0.327 e. The second kappa shape index (κ2) is 2.96. The quantitative estimate of drug-likeness (QED) is 0.626. The van der Waals surface area contributed by atoms with Gasteiger partial charge in [0.1, 0.15) is 0 Å². The van der Waals surface area contributed by atoms with Crippen LogP contribution < -0.4 is 5.73 Å². The Bertz CT molecular complexity index is 288. The molecule has 1 fully saturated rings. The van der Waals surface area contributed by atoms with E-state index in [0.717, 1.165) is 5.92 Å². The number of allylic oxidation sites excluding steroid dienone is 3. The lowest BCUT2D eigenvalue weighted by molar-refractivity contribution is 0.0101. The summed E-state index contributed by atoms with van der Waals surface area (Å²) in [7, 11) is 0. The normalized spacial score (nSPS) is 44.8. The van der Waals surface area contributed by atoms with Crippen LogP contribution in [0.3, 0.4) is 0 Å². The third-order valence-electron chi connectivity index (χ3n) is 4.07. The molecule has 0 amide bonds. The summed E-state index contributed by atoms with van der Waals surface area (Å²) in [5.41, 5.74) is 7.86. The predicted molar refractivity (Wildman–Crippen MR) is 60.8 cm³/mol. The summed E-state index contributed by atoms with van der Waals surface area (Å²) in [4.78, 5) is 0. The topological polar surface area (TPSA) is 26.0 Å². The van der Waals surface area contributed by atoms with Gasteiger partial charge in [0.25, 0.3) is 0 Å². The summed E-state index contributed by atoms with van der Waals surface area (Å²) in [6, 6.07) is 0.362. The van der Waals surface area contributed by atoms with Crippen LogP contribution in [-0.2, 0) is 0 Å². The lowest BCUT2D eigenvalue weighted by Gasteiger charge is -2.55. The van der Waals surface area contributed by atoms with Crippen LogP contribution in [0.4, 0.5) is 0 Å². The Morgan fingerprint density at radius 2 is 2.00 bits per heavy atom. The summed E-state index contributed by atoms with van der Waals surface area (Å²) in [6.45, 7) is 9.14. The van der Waals surface area contributed by atoms with Crippen LogP contribution in [0.1, 0.15) is 27.7 Å². The fourth-order valence-electron chi connectivity index (χ4n) is 3.51. The number of hydrogen-bond acceptors (Lipinski definition) is 1. The molecule has 0 aliphatic heterocycles. The molecule has 0 aromatic rings. The van der Waals surface area contributed by atoms with Gasteiger partial charge in [-0.25, -0.2) is 0 Å². The van der Waals surface area contributed by atoms with Crippen molar-refractivity contribution >= 4 is 0 Å². The van der Waals surface area contributed by atoms with E-state index >= 15 is 0 Å². The minimum atomic E-state index is 0.254. The van der Waals surface area contributed by atoms with Crippen LogP contribution >= 0.6 is 0 Å². The van der Waals surface area contributed by atoms with Crippen molar-refractivity contribution in [2.75, 3.05) is 0 Å². The molecule has 0 aromatic carbocycles. The Morgan fingerprint density at radius 3 is 2.57 bits per heavy atom. The summed E-state index contributed by atoms with van der Waals surface area (Å²) in [6.07, 6.45) is 6.91. The number of hydrogen-bond donors (Lipinski definition) is 1. The first-order valence-corrected chi connectivity index (χ1v) is 5.57. The number of nitrogens with two attached hydrogens (primary N) is 1. The summed E-state index contributed by atoms with van der Waals surface area (Å²) in [5, 5.41) is 0. The largest absolute Gasteiger partial charge is 0.327 e. The SMILES string of the molecule is CC1=CC(C)(C)[C@@H]2C(C)C(C=C1)C2N. The molecule has 4 atom stereocenters. The average molecular weight is 191 g/mol. The molecule has 3 aliphatic rings. The molecule has 0 heterocycles. The monoisotopic (exact) mass is 191 g/mol. The second-order valence-corrected chi connectivity index (χ2v) is 5.61. The smallest absolute Gasteiger partial charge is 0.0144 e. The molecule has 3 unspecified atom stereocenters. The van der Waals surface area contributed by atoms with E-state index in [2.05, 4.69) is 45.9 Å². The van der Waals surface area contributed by atoms with E-state index in [4.69, 9.17) is 5.73 Å². The first-order chi connectivity index (χ1) is 6.43. The fourth-order valence-corrected chi connectivity index (χ4v) is 3.51. The van der Waals surface area contributed by atoms with E-state index in [1.165, 1.54) is 5.57 Å². The zero-order valence-electron chi connectivity index (χ0n) is 9.62. The van der Waals surface area contributed by atoms with Crippen molar-refractivity contribution < 1.29 is 0 Å². The Morgan fingerprint density at radius 1 is 1.36 bits per heavy atom. The van der Waals surface area contributed by atoms with Gasteiger partial charge in [-0.05, 0) is 30.1 Å². The highest BCUT2D eigenvalue weighted by molar-refractivity contribution is 5.27. The maximum absolute atomic E-state index is 6.23. The van der Waals surface area contributed by atoms with E-state index in [1.54, 1.807) is 0 Å². The van der Waals surface area contributed by atoms with Gasteiger partial charge < -0.3 is 5.73 Å². The highest BCUT2D eigenvalue weighted by Gasteiger charge is 2.50. The van der Waals surface area contributed by atoms with Crippen molar-refractivity contribution in [2.24, 2.45) is 28.9 Å². The van der Waals surface area contributed by atoms with Crippen molar-refractivity contribution in [3.05, 3.63) is 23.8 Å². The molecule has 1 heteroatoms. The maximum atomic E-state index is 6.23. The van der Waals surface area contributed by atoms with Crippen LogP contribution in [0.2, 0.25) is 0 Å². The van der Waals surface area contributed by atoms with Crippen LogP contribution in [0.5, 0.6) is 0 Å². The van der Waals surface area contributed by atoms with Gasteiger partial charge in [-0.15, -0.1) is 0 Å². The van der Waals surface area contributed by atoms with Gasteiger partial charge in [0.15, 0.2) is 0 Å². The third-order valence-corrected chi connectivity index (χ3v) is 4.07. The molecule has 3 rings (SSSR count).